The molecule has 2 heterocycles. The molecule has 2 rings (SSSR count). The lowest BCUT2D eigenvalue weighted by atomic mass is 10.00. The van der Waals surface area contributed by atoms with Crippen LogP contribution in [0.5, 0.6) is 0 Å². The fourth-order valence-corrected chi connectivity index (χ4v) is 1.90. The van der Waals surface area contributed by atoms with Gasteiger partial charge in [0.15, 0.2) is 0 Å². The number of piperidine rings is 1. The number of rotatable bonds is 3. The Labute approximate surface area is 90.7 Å². The van der Waals surface area contributed by atoms with Crippen LogP contribution in [0.15, 0.2) is 10.7 Å². The molecule has 84 valence electrons. The van der Waals surface area contributed by atoms with Crippen LogP contribution in [-0.2, 0) is 6.54 Å². The third-order valence-corrected chi connectivity index (χ3v) is 2.95. The van der Waals surface area contributed by atoms with E-state index in [4.69, 9.17) is 4.42 Å². The Morgan fingerprint density at radius 2 is 2.27 bits per heavy atom. The molecule has 4 heteroatoms. The van der Waals surface area contributed by atoms with Crippen LogP contribution in [0.4, 0.5) is 6.01 Å². The van der Waals surface area contributed by atoms with Crippen molar-refractivity contribution in [1.29, 1.82) is 0 Å². The molecule has 1 N–H and O–H groups in total. The van der Waals surface area contributed by atoms with Gasteiger partial charge in [0.25, 0.3) is 6.01 Å². The van der Waals surface area contributed by atoms with E-state index in [-0.39, 0.29) is 0 Å². The summed E-state index contributed by atoms with van der Waals surface area (Å²) in [5, 5.41) is 3.07. The lowest BCUT2D eigenvalue weighted by Crippen LogP contribution is -2.33. The third-order valence-electron chi connectivity index (χ3n) is 2.95. The first-order valence-corrected chi connectivity index (χ1v) is 5.63. The van der Waals surface area contributed by atoms with Crippen molar-refractivity contribution in [3.8, 4) is 0 Å². The van der Waals surface area contributed by atoms with Crippen LogP contribution in [0.25, 0.3) is 0 Å². The van der Waals surface area contributed by atoms with Crippen molar-refractivity contribution < 1.29 is 4.42 Å². The molecule has 0 spiro atoms. The summed E-state index contributed by atoms with van der Waals surface area (Å²) in [5.41, 5.74) is 0.978. The highest BCUT2D eigenvalue weighted by Crippen LogP contribution is 2.22. The normalized spacial score (nSPS) is 18.4. The summed E-state index contributed by atoms with van der Waals surface area (Å²) in [6.45, 7) is 5.22. The highest BCUT2D eigenvalue weighted by molar-refractivity contribution is 5.27. The van der Waals surface area contributed by atoms with E-state index in [2.05, 4.69) is 22.1 Å². The van der Waals surface area contributed by atoms with Gasteiger partial charge in [0.05, 0.1) is 5.69 Å². The molecule has 0 amide bonds. The second kappa shape index (κ2) is 4.66. The molecule has 4 nitrogen and oxygen atoms in total. The average molecular weight is 209 g/mol. The van der Waals surface area contributed by atoms with E-state index in [9.17, 15) is 0 Å². The Balaban J connectivity index is 1.96. The van der Waals surface area contributed by atoms with E-state index < -0.39 is 0 Å². The van der Waals surface area contributed by atoms with Gasteiger partial charge in [-0.1, -0.05) is 6.92 Å². The molecular formula is C11H19N3O. The second-order valence-electron chi connectivity index (χ2n) is 4.32. The maximum absolute atomic E-state index is 5.47. The minimum absolute atomic E-state index is 0.772. The van der Waals surface area contributed by atoms with E-state index in [1.807, 2.05) is 7.05 Å². The molecule has 1 fully saturated rings. The number of nitrogens with one attached hydrogen (secondary N) is 1. The predicted octanol–water partition coefficient (Wildman–Crippen LogP) is 1.63. The number of anilines is 1. The molecule has 1 saturated heterocycles. The summed E-state index contributed by atoms with van der Waals surface area (Å²) in [6, 6.07) is 0.784. The Bertz CT molecular complexity index is 303. The van der Waals surface area contributed by atoms with Crippen LogP contribution in [-0.4, -0.2) is 25.1 Å². The zero-order chi connectivity index (χ0) is 10.7. The summed E-state index contributed by atoms with van der Waals surface area (Å²) >= 11 is 0. The predicted molar refractivity (Wildman–Crippen MR) is 59.9 cm³/mol. The molecule has 0 radical (unpaired) electrons. The summed E-state index contributed by atoms with van der Waals surface area (Å²) in [7, 11) is 1.91. The third kappa shape index (κ3) is 2.50. The van der Waals surface area contributed by atoms with Crippen LogP contribution in [0, 0.1) is 5.92 Å². The van der Waals surface area contributed by atoms with Crippen LogP contribution in [0.1, 0.15) is 25.5 Å². The molecule has 1 aromatic rings. The summed E-state index contributed by atoms with van der Waals surface area (Å²) < 4.78 is 5.47. The number of hydrogen-bond donors (Lipinski definition) is 1. The SMILES string of the molecule is CNCc1coc(N2CCC(C)CC2)n1. The van der Waals surface area contributed by atoms with E-state index in [0.717, 1.165) is 37.3 Å². The van der Waals surface area contributed by atoms with Gasteiger partial charge in [-0.15, -0.1) is 0 Å². The van der Waals surface area contributed by atoms with Crippen molar-refractivity contribution in [3.05, 3.63) is 12.0 Å². The Morgan fingerprint density at radius 3 is 2.93 bits per heavy atom. The van der Waals surface area contributed by atoms with Crippen molar-refractivity contribution in [1.82, 2.24) is 10.3 Å². The lowest BCUT2D eigenvalue weighted by Gasteiger charge is -2.28. The van der Waals surface area contributed by atoms with Crippen molar-refractivity contribution in [2.75, 3.05) is 25.0 Å². The molecule has 1 aromatic heterocycles. The molecule has 0 atom stereocenters. The number of oxazole rings is 1. The first kappa shape index (κ1) is 10.5. The van der Waals surface area contributed by atoms with Gasteiger partial charge in [-0.3, -0.25) is 0 Å². The first-order chi connectivity index (χ1) is 7.29. The van der Waals surface area contributed by atoms with Gasteiger partial charge in [0, 0.05) is 19.6 Å². The molecule has 0 bridgehead atoms. The minimum atomic E-state index is 0.772. The second-order valence-corrected chi connectivity index (χ2v) is 4.32. The number of hydrogen-bond acceptors (Lipinski definition) is 4. The summed E-state index contributed by atoms with van der Waals surface area (Å²) in [6.07, 6.45) is 4.22. The van der Waals surface area contributed by atoms with E-state index >= 15 is 0 Å². The molecule has 0 aliphatic carbocycles. The van der Waals surface area contributed by atoms with Crippen molar-refractivity contribution in [2.45, 2.75) is 26.3 Å². The summed E-state index contributed by atoms with van der Waals surface area (Å²) in [4.78, 5) is 6.68. The Kier molecular flexibility index (Phi) is 3.26. The molecule has 15 heavy (non-hydrogen) atoms. The van der Waals surface area contributed by atoms with E-state index in [0.29, 0.717) is 0 Å². The van der Waals surface area contributed by atoms with Gasteiger partial charge in [-0.2, -0.15) is 4.98 Å². The maximum atomic E-state index is 5.47. The Morgan fingerprint density at radius 1 is 1.53 bits per heavy atom. The largest absolute Gasteiger partial charge is 0.432 e. The molecule has 0 saturated carbocycles. The van der Waals surface area contributed by atoms with E-state index in [1.54, 1.807) is 6.26 Å². The lowest BCUT2D eigenvalue weighted by molar-refractivity contribution is 0.413. The van der Waals surface area contributed by atoms with Crippen molar-refractivity contribution >= 4 is 6.01 Å². The average Bonchev–Trinajstić information content (AvgIpc) is 2.68. The van der Waals surface area contributed by atoms with Crippen LogP contribution >= 0.6 is 0 Å². The van der Waals surface area contributed by atoms with Gasteiger partial charge in [-0.25, -0.2) is 0 Å². The highest BCUT2D eigenvalue weighted by atomic mass is 16.4. The number of aromatic nitrogens is 1. The van der Waals surface area contributed by atoms with Crippen LogP contribution in [0.2, 0.25) is 0 Å². The minimum Gasteiger partial charge on any atom is -0.432 e. The zero-order valence-corrected chi connectivity index (χ0v) is 9.49. The van der Waals surface area contributed by atoms with E-state index in [1.165, 1.54) is 12.8 Å². The fraction of sp³-hybridized carbons (Fsp3) is 0.727. The van der Waals surface area contributed by atoms with Crippen molar-refractivity contribution in [2.24, 2.45) is 5.92 Å². The topological polar surface area (TPSA) is 41.3 Å². The molecular weight excluding hydrogens is 190 g/mol. The summed E-state index contributed by atoms with van der Waals surface area (Å²) in [5.74, 6) is 0.841. The fourth-order valence-electron chi connectivity index (χ4n) is 1.90. The van der Waals surface area contributed by atoms with Gasteiger partial charge < -0.3 is 14.6 Å². The first-order valence-electron chi connectivity index (χ1n) is 5.63. The monoisotopic (exact) mass is 209 g/mol. The number of nitrogens with zero attached hydrogens (tertiary/aromatic N) is 2. The van der Waals surface area contributed by atoms with Crippen LogP contribution < -0.4 is 10.2 Å². The standard InChI is InChI=1S/C11H19N3O/c1-9-3-5-14(6-4-9)11-13-10(7-12-2)8-15-11/h8-9,12H,3-7H2,1-2H3. The van der Waals surface area contributed by atoms with Crippen molar-refractivity contribution in [3.63, 3.8) is 0 Å². The Hall–Kier alpha value is -1.03. The van der Waals surface area contributed by atoms with Crippen LogP contribution in [0.3, 0.4) is 0 Å². The van der Waals surface area contributed by atoms with Gasteiger partial charge in [0.1, 0.15) is 6.26 Å². The molecule has 1 aliphatic rings. The molecule has 0 unspecified atom stereocenters. The van der Waals surface area contributed by atoms with Gasteiger partial charge >= 0.3 is 0 Å². The highest BCUT2D eigenvalue weighted by Gasteiger charge is 2.19. The van der Waals surface area contributed by atoms with Gasteiger partial charge in [0.2, 0.25) is 0 Å². The quantitative estimate of drug-likeness (QED) is 0.821. The van der Waals surface area contributed by atoms with Gasteiger partial charge in [-0.05, 0) is 25.8 Å². The maximum Gasteiger partial charge on any atom is 0.297 e. The smallest absolute Gasteiger partial charge is 0.297 e. The molecule has 0 aromatic carbocycles. The zero-order valence-electron chi connectivity index (χ0n) is 9.49. The molecule has 1 aliphatic heterocycles.